The molecular formula is C22H29IN8O. The van der Waals surface area contributed by atoms with E-state index in [2.05, 4.69) is 49.2 Å². The molecule has 3 heterocycles. The number of guanidine groups is 1. The molecule has 0 atom stereocenters. The highest BCUT2D eigenvalue weighted by atomic mass is 127. The van der Waals surface area contributed by atoms with Crippen molar-refractivity contribution in [2.24, 2.45) is 12.0 Å². The summed E-state index contributed by atoms with van der Waals surface area (Å²) in [4.78, 5) is 25.3. The number of rotatable bonds is 6. The Morgan fingerprint density at radius 2 is 2.03 bits per heavy atom. The molecule has 0 saturated carbocycles. The van der Waals surface area contributed by atoms with Crippen LogP contribution in [0.15, 0.2) is 60.1 Å². The molecule has 1 aromatic carbocycles. The number of aliphatic imine (C=N–C) groups is 1. The van der Waals surface area contributed by atoms with Crippen molar-refractivity contribution in [2.45, 2.75) is 19.5 Å². The third-order valence-electron chi connectivity index (χ3n) is 5.43. The first-order valence-electron chi connectivity index (χ1n) is 10.4. The maximum Gasteiger partial charge on any atom is 0.246 e. The number of hydrogen-bond donors (Lipinski definition) is 1. The van der Waals surface area contributed by atoms with Crippen LogP contribution in [0.4, 0.5) is 5.69 Å². The molecule has 4 rings (SSSR count). The van der Waals surface area contributed by atoms with Gasteiger partial charge in [0.05, 0.1) is 18.4 Å². The van der Waals surface area contributed by atoms with E-state index in [4.69, 9.17) is 0 Å². The van der Waals surface area contributed by atoms with Crippen LogP contribution >= 0.6 is 24.0 Å². The Kier molecular flexibility index (Phi) is 8.26. The lowest BCUT2D eigenvalue weighted by atomic mass is 10.1. The Hall–Kier alpha value is -2.89. The number of anilines is 1. The molecule has 0 unspecified atom stereocenters. The number of hydrogen-bond acceptors (Lipinski definition) is 4. The third-order valence-corrected chi connectivity index (χ3v) is 5.43. The molecule has 32 heavy (non-hydrogen) atoms. The van der Waals surface area contributed by atoms with Gasteiger partial charge in [-0.25, -0.2) is 4.98 Å². The number of aryl methyl sites for hydroxylation is 3. The van der Waals surface area contributed by atoms with Gasteiger partial charge in [0.15, 0.2) is 5.96 Å². The molecule has 0 bridgehead atoms. The molecule has 2 aromatic heterocycles. The molecule has 1 saturated heterocycles. The molecule has 9 nitrogen and oxygen atoms in total. The standard InChI is InChI=1S/C22H28N8O.HI/c1-23-22(29-12-13-30(21(31)17-29)19-14-26-27(2)16-19)25-15-20-24-9-11-28(20)10-8-18-6-4-3-5-7-18;/h3-7,9,11,14,16H,8,10,12-13,15,17H2,1-2H3,(H,23,25);1H. The van der Waals surface area contributed by atoms with E-state index >= 15 is 0 Å². The largest absolute Gasteiger partial charge is 0.349 e. The zero-order valence-corrected chi connectivity index (χ0v) is 20.7. The molecule has 0 spiro atoms. The Balaban J connectivity index is 0.00000289. The van der Waals surface area contributed by atoms with Gasteiger partial charge < -0.3 is 19.7 Å². The first-order chi connectivity index (χ1) is 15.1. The number of imidazole rings is 1. The van der Waals surface area contributed by atoms with Crippen LogP contribution in [0.2, 0.25) is 0 Å². The van der Waals surface area contributed by atoms with E-state index in [-0.39, 0.29) is 36.4 Å². The molecule has 3 aromatic rings. The highest BCUT2D eigenvalue weighted by Gasteiger charge is 2.27. The van der Waals surface area contributed by atoms with Crippen molar-refractivity contribution < 1.29 is 4.79 Å². The van der Waals surface area contributed by atoms with Gasteiger partial charge in [-0.3, -0.25) is 14.5 Å². The Morgan fingerprint density at radius 3 is 2.72 bits per heavy atom. The molecule has 0 radical (unpaired) electrons. The van der Waals surface area contributed by atoms with Gasteiger partial charge in [0.2, 0.25) is 5.91 Å². The molecule has 1 aliphatic heterocycles. The van der Waals surface area contributed by atoms with Crippen LogP contribution in [0.25, 0.3) is 0 Å². The van der Waals surface area contributed by atoms with Gasteiger partial charge in [-0.15, -0.1) is 24.0 Å². The van der Waals surface area contributed by atoms with Gasteiger partial charge in [0.1, 0.15) is 12.4 Å². The fourth-order valence-corrected chi connectivity index (χ4v) is 3.77. The van der Waals surface area contributed by atoms with Crippen molar-refractivity contribution in [3.8, 4) is 0 Å². The van der Waals surface area contributed by atoms with Crippen LogP contribution in [0, 0.1) is 0 Å². The van der Waals surface area contributed by atoms with Crippen molar-refractivity contribution in [1.82, 2.24) is 29.5 Å². The summed E-state index contributed by atoms with van der Waals surface area (Å²) < 4.78 is 3.86. The molecule has 1 aliphatic rings. The number of aromatic nitrogens is 4. The Bertz CT molecular complexity index is 1050. The molecular weight excluding hydrogens is 519 g/mol. The van der Waals surface area contributed by atoms with Crippen molar-refractivity contribution >= 4 is 41.5 Å². The van der Waals surface area contributed by atoms with E-state index in [1.165, 1.54) is 5.56 Å². The lowest BCUT2D eigenvalue weighted by Gasteiger charge is -2.35. The first-order valence-corrected chi connectivity index (χ1v) is 10.4. The third kappa shape index (κ3) is 5.67. The van der Waals surface area contributed by atoms with Gasteiger partial charge in [-0.2, -0.15) is 5.10 Å². The Labute approximate surface area is 205 Å². The second-order valence-corrected chi connectivity index (χ2v) is 7.51. The topological polar surface area (TPSA) is 83.6 Å². The molecule has 1 amide bonds. The average molecular weight is 548 g/mol. The second-order valence-electron chi connectivity index (χ2n) is 7.51. The smallest absolute Gasteiger partial charge is 0.246 e. The molecule has 10 heteroatoms. The number of piperazine rings is 1. The number of carbonyl (C=O) groups is 1. The molecule has 1 fully saturated rings. The van der Waals surface area contributed by atoms with Crippen LogP contribution in [0.5, 0.6) is 0 Å². The van der Waals surface area contributed by atoms with Crippen LogP contribution in [-0.2, 0) is 31.4 Å². The van der Waals surface area contributed by atoms with E-state index < -0.39 is 0 Å². The minimum atomic E-state index is 0. The lowest BCUT2D eigenvalue weighted by Crippen LogP contribution is -2.55. The zero-order chi connectivity index (χ0) is 21.6. The van der Waals surface area contributed by atoms with Crippen molar-refractivity contribution in [1.29, 1.82) is 0 Å². The lowest BCUT2D eigenvalue weighted by molar-refractivity contribution is -0.120. The minimum absolute atomic E-state index is 0. The normalized spacial score (nSPS) is 14.4. The summed E-state index contributed by atoms with van der Waals surface area (Å²) in [5.41, 5.74) is 2.13. The van der Waals surface area contributed by atoms with Gasteiger partial charge >= 0.3 is 0 Å². The maximum atomic E-state index is 12.7. The van der Waals surface area contributed by atoms with Gasteiger partial charge in [-0.05, 0) is 12.0 Å². The summed E-state index contributed by atoms with van der Waals surface area (Å²) in [6, 6.07) is 10.4. The van der Waals surface area contributed by atoms with Crippen molar-refractivity contribution in [3.05, 3.63) is 66.5 Å². The molecule has 0 aliphatic carbocycles. The van der Waals surface area contributed by atoms with Crippen LogP contribution in [0.1, 0.15) is 11.4 Å². The van der Waals surface area contributed by atoms with E-state index in [1.54, 1.807) is 22.8 Å². The van der Waals surface area contributed by atoms with Crippen molar-refractivity contribution in [3.63, 3.8) is 0 Å². The van der Waals surface area contributed by atoms with Crippen LogP contribution in [0.3, 0.4) is 0 Å². The van der Waals surface area contributed by atoms with Gasteiger partial charge in [0.25, 0.3) is 0 Å². The minimum Gasteiger partial charge on any atom is -0.349 e. The van der Waals surface area contributed by atoms with E-state index in [0.717, 1.165) is 24.5 Å². The summed E-state index contributed by atoms with van der Waals surface area (Å²) in [6.45, 7) is 2.98. The fourth-order valence-electron chi connectivity index (χ4n) is 3.77. The van der Waals surface area contributed by atoms with Gasteiger partial charge in [-0.1, -0.05) is 30.3 Å². The van der Waals surface area contributed by atoms with E-state index in [1.807, 2.05) is 36.6 Å². The summed E-state index contributed by atoms with van der Waals surface area (Å²) >= 11 is 0. The summed E-state index contributed by atoms with van der Waals surface area (Å²) in [6.07, 6.45) is 8.34. The highest BCUT2D eigenvalue weighted by Crippen LogP contribution is 2.16. The summed E-state index contributed by atoms with van der Waals surface area (Å²) in [5, 5.41) is 7.53. The SMILES string of the molecule is CN=C(NCc1nccn1CCc1ccccc1)N1CCN(c2cnn(C)c2)C(=O)C1.I. The summed E-state index contributed by atoms with van der Waals surface area (Å²) in [5.74, 6) is 1.68. The molecule has 170 valence electrons. The second kappa shape index (κ2) is 11.1. The number of amides is 1. The predicted molar refractivity (Wildman–Crippen MR) is 135 cm³/mol. The highest BCUT2D eigenvalue weighted by molar-refractivity contribution is 14.0. The van der Waals surface area contributed by atoms with Crippen LogP contribution < -0.4 is 10.2 Å². The number of benzene rings is 1. The number of halogens is 1. The number of nitrogens with zero attached hydrogens (tertiary/aromatic N) is 7. The number of carbonyl (C=O) groups excluding carboxylic acids is 1. The molecule has 1 N–H and O–H groups in total. The fraction of sp³-hybridized carbons (Fsp3) is 0.364. The summed E-state index contributed by atoms with van der Waals surface area (Å²) in [7, 11) is 3.59. The number of nitrogens with one attached hydrogen (secondary N) is 1. The van der Waals surface area contributed by atoms with E-state index in [0.29, 0.717) is 25.6 Å². The maximum absolute atomic E-state index is 12.7. The van der Waals surface area contributed by atoms with Crippen molar-refractivity contribution in [2.75, 3.05) is 31.6 Å². The first kappa shape index (κ1) is 23.8. The zero-order valence-electron chi connectivity index (χ0n) is 18.4. The average Bonchev–Trinajstić information content (AvgIpc) is 3.42. The quantitative estimate of drug-likeness (QED) is 0.289. The monoisotopic (exact) mass is 548 g/mol. The Morgan fingerprint density at radius 1 is 1.22 bits per heavy atom. The van der Waals surface area contributed by atoms with E-state index in [9.17, 15) is 4.79 Å². The predicted octanol–water partition coefficient (Wildman–Crippen LogP) is 1.90. The van der Waals surface area contributed by atoms with Gasteiger partial charge in [0, 0.05) is 52.3 Å². The van der Waals surface area contributed by atoms with Crippen LogP contribution in [-0.4, -0.2) is 62.8 Å².